The van der Waals surface area contributed by atoms with E-state index in [1.807, 2.05) is 13.8 Å². The maximum Gasteiger partial charge on any atom is 0.287 e. The van der Waals surface area contributed by atoms with Gasteiger partial charge >= 0.3 is 0 Å². The second-order valence-electron chi connectivity index (χ2n) is 4.82. The number of benzene rings is 1. The highest BCUT2D eigenvalue weighted by Gasteiger charge is 2.12. The summed E-state index contributed by atoms with van der Waals surface area (Å²) in [6.45, 7) is 4.35. The molecule has 0 fully saturated rings. The fraction of sp³-hybridized carbons (Fsp3) is 0.333. The third-order valence-electron chi connectivity index (χ3n) is 3.14. The number of hydrogen-bond donors (Lipinski definition) is 1. The van der Waals surface area contributed by atoms with Crippen molar-refractivity contribution in [2.45, 2.75) is 32.9 Å². The molecule has 0 aliphatic rings. The molecule has 0 bridgehead atoms. The Morgan fingerprint density at radius 1 is 1.48 bits per heavy atom. The highest BCUT2D eigenvalue weighted by atomic mass is 35.5. The molecule has 21 heavy (non-hydrogen) atoms. The topological polar surface area (TPSA) is 46.9 Å². The van der Waals surface area contributed by atoms with Crippen LogP contribution in [0.15, 0.2) is 35.3 Å². The van der Waals surface area contributed by atoms with Gasteiger partial charge in [-0.1, -0.05) is 30.7 Å². The first-order chi connectivity index (χ1) is 10.0. The zero-order chi connectivity index (χ0) is 15.4. The molecule has 0 saturated carbocycles. The lowest BCUT2D eigenvalue weighted by Gasteiger charge is -2.17. The Morgan fingerprint density at radius 3 is 2.90 bits per heavy atom. The molecule has 1 aromatic heterocycles. The molecule has 0 aliphatic heterocycles. The molecule has 0 spiro atoms. The standard InChI is InChI=1S/C15H17ClFN3O/c1-3-7-20-15(21)14(16)13(9-18-20)19-10(2)11-5-4-6-12(17)8-11/h4-6,8-10,19H,3,7H2,1-2H3. The van der Waals surface area contributed by atoms with E-state index in [0.29, 0.717) is 12.2 Å². The van der Waals surface area contributed by atoms with Crippen LogP contribution in [0.2, 0.25) is 5.02 Å². The van der Waals surface area contributed by atoms with Gasteiger partial charge < -0.3 is 5.32 Å². The molecular formula is C15H17ClFN3O. The van der Waals surface area contributed by atoms with Crippen molar-refractivity contribution in [3.63, 3.8) is 0 Å². The third-order valence-corrected chi connectivity index (χ3v) is 3.51. The molecule has 1 N–H and O–H groups in total. The molecular weight excluding hydrogens is 293 g/mol. The Bertz CT molecular complexity index is 687. The van der Waals surface area contributed by atoms with Crippen LogP contribution in [0.25, 0.3) is 0 Å². The van der Waals surface area contributed by atoms with Gasteiger partial charge in [-0.15, -0.1) is 0 Å². The lowest BCUT2D eigenvalue weighted by Crippen LogP contribution is -2.24. The molecule has 1 aromatic carbocycles. The van der Waals surface area contributed by atoms with E-state index < -0.39 is 0 Å². The predicted molar refractivity (Wildman–Crippen MR) is 82.2 cm³/mol. The zero-order valence-corrected chi connectivity index (χ0v) is 12.7. The van der Waals surface area contributed by atoms with Gasteiger partial charge in [-0.3, -0.25) is 4.79 Å². The monoisotopic (exact) mass is 309 g/mol. The summed E-state index contributed by atoms with van der Waals surface area (Å²) in [5, 5.41) is 7.26. The Balaban J connectivity index is 2.24. The first-order valence-corrected chi connectivity index (χ1v) is 7.18. The molecule has 0 amide bonds. The summed E-state index contributed by atoms with van der Waals surface area (Å²) < 4.78 is 14.6. The number of rotatable bonds is 5. The van der Waals surface area contributed by atoms with Crippen molar-refractivity contribution in [2.75, 3.05) is 5.32 Å². The zero-order valence-electron chi connectivity index (χ0n) is 11.9. The van der Waals surface area contributed by atoms with Crippen molar-refractivity contribution >= 4 is 17.3 Å². The summed E-state index contributed by atoms with van der Waals surface area (Å²) in [6.07, 6.45) is 2.32. The van der Waals surface area contributed by atoms with Crippen LogP contribution >= 0.6 is 11.6 Å². The molecule has 1 atom stereocenters. The third kappa shape index (κ3) is 3.61. The van der Waals surface area contributed by atoms with Crippen LogP contribution in [0.1, 0.15) is 31.9 Å². The summed E-state index contributed by atoms with van der Waals surface area (Å²) in [5.41, 5.74) is 0.893. The minimum absolute atomic E-state index is 0.0988. The lowest BCUT2D eigenvalue weighted by atomic mass is 10.1. The van der Waals surface area contributed by atoms with E-state index in [9.17, 15) is 9.18 Å². The molecule has 1 heterocycles. The quantitative estimate of drug-likeness (QED) is 0.917. The van der Waals surface area contributed by atoms with Crippen LogP contribution < -0.4 is 10.9 Å². The molecule has 0 radical (unpaired) electrons. The SMILES string of the molecule is CCCn1ncc(NC(C)c2cccc(F)c2)c(Cl)c1=O. The largest absolute Gasteiger partial charge is 0.376 e. The van der Waals surface area contributed by atoms with Crippen molar-refractivity contribution in [1.29, 1.82) is 0 Å². The summed E-state index contributed by atoms with van der Waals surface area (Å²) in [4.78, 5) is 12.0. The van der Waals surface area contributed by atoms with Gasteiger partial charge in [0.1, 0.15) is 10.8 Å². The van der Waals surface area contributed by atoms with Crippen LogP contribution in [0.5, 0.6) is 0 Å². The number of anilines is 1. The van der Waals surface area contributed by atoms with E-state index in [2.05, 4.69) is 10.4 Å². The second kappa shape index (κ2) is 6.72. The Labute approximate surface area is 127 Å². The van der Waals surface area contributed by atoms with Gasteiger partial charge in [-0.25, -0.2) is 9.07 Å². The maximum atomic E-state index is 13.2. The van der Waals surface area contributed by atoms with Crippen LogP contribution in [0.3, 0.4) is 0 Å². The van der Waals surface area contributed by atoms with E-state index in [1.54, 1.807) is 12.1 Å². The van der Waals surface area contributed by atoms with Crippen molar-refractivity contribution in [1.82, 2.24) is 9.78 Å². The Hall–Kier alpha value is -1.88. The van der Waals surface area contributed by atoms with Gasteiger partial charge in [-0.2, -0.15) is 5.10 Å². The second-order valence-corrected chi connectivity index (χ2v) is 5.20. The van der Waals surface area contributed by atoms with E-state index in [-0.39, 0.29) is 22.4 Å². The average molecular weight is 310 g/mol. The van der Waals surface area contributed by atoms with Gasteiger partial charge in [0.25, 0.3) is 5.56 Å². The van der Waals surface area contributed by atoms with Crippen LogP contribution in [0, 0.1) is 5.82 Å². The lowest BCUT2D eigenvalue weighted by molar-refractivity contribution is 0.568. The summed E-state index contributed by atoms with van der Waals surface area (Å²) in [5.74, 6) is -0.302. The minimum Gasteiger partial charge on any atom is -0.376 e. The van der Waals surface area contributed by atoms with E-state index in [1.165, 1.54) is 23.0 Å². The smallest absolute Gasteiger partial charge is 0.287 e. The van der Waals surface area contributed by atoms with E-state index in [0.717, 1.165) is 12.0 Å². The van der Waals surface area contributed by atoms with Gasteiger partial charge in [0.05, 0.1) is 11.9 Å². The molecule has 2 rings (SSSR count). The summed E-state index contributed by atoms with van der Waals surface area (Å²) in [6, 6.07) is 6.08. The van der Waals surface area contributed by atoms with Gasteiger partial charge in [-0.05, 0) is 31.0 Å². The molecule has 2 aromatic rings. The maximum absolute atomic E-state index is 13.2. The molecule has 4 nitrogen and oxygen atoms in total. The average Bonchev–Trinajstić information content (AvgIpc) is 2.47. The van der Waals surface area contributed by atoms with Crippen LogP contribution in [-0.4, -0.2) is 9.78 Å². The number of nitrogens with zero attached hydrogens (tertiary/aromatic N) is 2. The number of nitrogens with one attached hydrogen (secondary N) is 1. The number of halogens is 2. The first-order valence-electron chi connectivity index (χ1n) is 6.80. The van der Waals surface area contributed by atoms with Crippen molar-refractivity contribution in [2.24, 2.45) is 0 Å². The number of aromatic nitrogens is 2. The van der Waals surface area contributed by atoms with E-state index >= 15 is 0 Å². The number of hydrogen-bond acceptors (Lipinski definition) is 3. The van der Waals surface area contributed by atoms with Crippen LogP contribution in [0.4, 0.5) is 10.1 Å². The summed E-state index contributed by atoms with van der Waals surface area (Å²) in [7, 11) is 0. The highest BCUT2D eigenvalue weighted by Crippen LogP contribution is 2.23. The molecule has 112 valence electrons. The van der Waals surface area contributed by atoms with Gasteiger partial charge in [0, 0.05) is 12.6 Å². The molecule has 0 aliphatic carbocycles. The van der Waals surface area contributed by atoms with E-state index in [4.69, 9.17) is 11.6 Å². The molecule has 1 unspecified atom stereocenters. The fourth-order valence-electron chi connectivity index (χ4n) is 2.03. The number of aryl methyl sites for hydroxylation is 1. The molecule has 6 heteroatoms. The Kier molecular flexibility index (Phi) is 4.96. The fourth-order valence-corrected chi connectivity index (χ4v) is 2.23. The van der Waals surface area contributed by atoms with Crippen LogP contribution in [-0.2, 0) is 6.54 Å². The summed E-state index contributed by atoms with van der Waals surface area (Å²) >= 11 is 6.09. The highest BCUT2D eigenvalue weighted by molar-refractivity contribution is 6.32. The van der Waals surface area contributed by atoms with Crippen molar-refractivity contribution in [3.8, 4) is 0 Å². The molecule has 0 saturated heterocycles. The Morgan fingerprint density at radius 2 is 2.24 bits per heavy atom. The predicted octanol–water partition coefficient (Wildman–Crippen LogP) is 3.62. The van der Waals surface area contributed by atoms with Gasteiger partial charge in [0.2, 0.25) is 0 Å². The van der Waals surface area contributed by atoms with Crippen molar-refractivity contribution < 1.29 is 4.39 Å². The normalized spacial score (nSPS) is 12.2. The van der Waals surface area contributed by atoms with Crippen molar-refractivity contribution in [3.05, 3.63) is 57.2 Å². The minimum atomic E-state index is -0.324. The first kappa shape index (κ1) is 15.5. The van der Waals surface area contributed by atoms with Gasteiger partial charge in [0.15, 0.2) is 0 Å².